The van der Waals surface area contributed by atoms with Gasteiger partial charge in [0, 0.05) is 0 Å². The molecule has 0 nitrogen and oxygen atoms in total. The SMILES string of the molecule is C=C(CC)[C@H](C)CCCC. The molecule has 0 aliphatic carbocycles. The molecule has 0 aliphatic rings. The van der Waals surface area contributed by atoms with Gasteiger partial charge >= 0.3 is 0 Å². The van der Waals surface area contributed by atoms with E-state index in [-0.39, 0.29) is 0 Å². The quantitative estimate of drug-likeness (QED) is 0.510. The van der Waals surface area contributed by atoms with E-state index in [0.717, 1.165) is 12.3 Å². The van der Waals surface area contributed by atoms with E-state index in [4.69, 9.17) is 0 Å². The lowest BCUT2D eigenvalue weighted by atomic mass is 9.95. The van der Waals surface area contributed by atoms with Gasteiger partial charge in [0.15, 0.2) is 0 Å². The van der Waals surface area contributed by atoms with E-state index >= 15 is 0 Å². The third-order valence-electron chi connectivity index (χ3n) is 2.14. The monoisotopic (exact) mass is 140 g/mol. The second-order valence-electron chi connectivity index (χ2n) is 3.06. The van der Waals surface area contributed by atoms with Crippen LogP contribution in [0.15, 0.2) is 12.2 Å². The van der Waals surface area contributed by atoms with Gasteiger partial charge in [-0.1, -0.05) is 45.8 Å². The number of allylic oxidation sites excluding steroid dienone is 1. The number of hydrogen-bond donors (Lipinski definition) is 0. The van der Waals surface area contributed by atoms with Crippen molar-refractivity contribution in [3.8, 4) is 0 Å². The average molecular weight is 140 g/mol. The van der Waals surface area contributed by atoms with Gasteiger partial charge in [0.1, 0.15) is 0 Å². The van der Waals surface area contributed by atoms with E-state index in [1.165, 1.54) is 24.8 Å². The first-order valence-corrected chi connectivity index (χ1v) is 4.40. The van der Waals surface area contributed by atoms with Crippen LogP contribution < -0.4 is 0 Å². The minimum atomic E-state index is 0.741. The molecule has 0 aromatic carbocycles. The van der Waals surface area contributed by atoms with E-state index in [0.29, 0.717) is 0 Å². The molecule has 10 heavy (non-hydrogen) atoms. The van der Waals surface area contributed by atoms with Crippen molar-refractivity contribution in [1.82, 2.24) is 0 Å². The van der Waals surface area contributed by atoms with Gasteiger partial charge in [-0.15, -0.1) is 0 Å². The second-order valence-corrected chi connectivity index (χ2v) is 3.06. The zero-order valence-electron chi connectivity index (χ0n) is 7.61. The molecule has 60 valence electrons. The molecule has 1 atom stereocenters. The van der Waals surface area contributed by atoms with Crippen molar-refractivity contribution in [3.05, 3.63) is 12.2 Å². The Labute approximate surface area is 65.3 Å². The van der Waals surface area contributed by atoms with Crippen LogP contribution in [0, 0.1) is 5.92 Å². The zero-order chi connectivity index (χ0) is 7.98. The topological polar surface area (TPSA) is 0 Å². The van der Waals surface area contributed by atoms with Gasteiger partial charge < -0.3 is 0 Å². The van der Waals surface area contributed by atoms with E-state index in [9.17, 15) is 0 Å². The summed E-state index contributed by atoms with van der Waals surface area (Å²) in [4.78, 5) is 0. The largest absolute Gasteiger partial charge is 0.0996 e. The van der Waals surface area contributed by atoms with Gasteiger partial charge in [-0.05, 0) is 18.8 Å². The van der Waals surface area contributed by atoms with E-state index < -0.39 is 0 Å². The fourth-order valence-corrected chi connectivity index (χ4v) is 1.06. The molecule has 0 amide bonds. The lowest BCUT2D eigenvalue weighted by Crippen LogP contribution is -1.96. The third-order valence-corrected chi connectivity index (χ3v) is 2.14. The molecule has 0 spiro atoms. The summed E-state index contributed by atoms with van der Waals surface area (Å²) in [6.07, 6.45) is 5.12. The molecule has 0 rings (SSSR count). The highest BCUT2D eigenvalue weighted by Gasteiger charge is 2.02. The maximum Gasteiger partial charge on any atom is -0.0234 e. The van der Waals surface area contributed by atoms with Crippen molar-refractivity contribution in [2.24, 2.45) is 5.92 Å². The minimum absolute atomic E-state index is 0.741. The van der Waals surface area contributed by atoms with Gasteiger partial charge in [0.05, 0.1) is 0 Å². The molecule has 0 unspecified atom stereocenters. The van der Waals surface area contributed by atoms with Crippen LogP contribution in [0.5, 0.6) is 0 Å². The minimum Gasteiger partial charge on any atom is -0.0996 e. The lowest BCUT2D eigenvalue weighted by Gasteiger charge is -2.11. The molecule has 0 heteroatoms. The van der Waals surface area contributed by atoms with E-state index in [1.54, 1.807) is 0 Å². The summed E-state index contributed by atoms with van der Waals surface area (Å²) in [7, 11) is 0. The summed E-state index contributed by atoms with van der Waals surface area (Å²) in [6, 6.07) is 0. The van der Waals surface area contributed by atoms with Crippen molar-refractivity contribution < 1.29 is 0 Å². The standard InChI is InChI=1S/C10H20/c1-5-7-8-10(4)9(3)6-2/h10H,3,5-8H2,1-2,4H3/t10-/m1/s1. The van der Waals surface area contributed by atoms with Crippen molar-refractivity contribution in [3.63, 3.8) is 0 Å². The third kappa shape index (κ3) is 3.71. The highest BCUT2D eigenvalue weighted by atomic mass is 14.1. The van der Waals surface area contributed by atoms with Crippen molar-refractivity contribution in [2.45, 2.75) is 46.5 Å². The number of hydrogen-bond acceptors (Lipinski definition) is 0. The molecule has 0 aromatic heterocycles. The predicted molar refractivity (Wildman–Crippen MR) is 48.1 cm³/mol. The maximum atomic E-state index is 4.03. The van der Waals surface area contributed by atoms with E-state index in [2.05, 4.69) is 27.4 Å². The van der Waals surface area contributed by atoms with Crippen LogP contribution in [0.4, 0.5) is 0 Å². The molecule has 0 saturated heterocycles. The van der Waals surface area contributed by atoms with Gasteiger partial charge in [0.2, 0.25) is 0 Å². The Kier molecular flexibility index (Phi) is 5.38. The van der Waals surface area contributed by atoms with Gasteiger partial charge in [-0.2, -0.15) is 0 Å². The Bertz CT molecular complexity index is 92.2. The first kappa shape index (κ1) is 9.74. The van der Waals surface area contributed by atoms with Crippen LogP contribution in [-0.2, 0) is 0 Å². The fourth-order valence-electron chi connectivity index (χ4n) is 1.06. The molecule has 0 bridgehead atoms. The van der Waals surface area contributed by atoms with Gasteiger partial charge in [-0.3, -0.25) is 0 Å². The Hall–Kier alpha value is -0.260. The molecule has 0 heterocycles. The Morgan fingerprint density at radius 2 is 2.00 bits per heavy atom. The highest BCUT2D eigenvalue weighted by Crippen LogP contribution is 2.17. The van der Waals surface area contributed by atoms with Crippen LogP contribution in [-0.4, -0.2) is 0 Å². The summed E-state index contributed by atoms with van der Waals surface area (Å²) < 4.78 is 0. The van der Waals surface area contributed by atoms with Crippen molar-refractivity contribution in [2.75, 3.05) is 0 Å². The summed E-state index contributed by atoms with van der Waals surface area (Å²) >= 11 is 0. The highest BCUT2D eigenvalue weighted by molar-refractivity contribution is 4.97. The first-order valence-electron chi connectivity index (χ1n) is 4.40. The van der Waals surface area contributed by atoms with Crippen LogP contribution in [0.1, 0.15) is 46.5 Å². The van der Waals surface area contributed by atoms with Crippen LogP contribution in [0.3, 0.4) is 0 Å². The Morgan fingerprint density at radius 1 is 1.40 bits per heavy atom. The summed E-state index contributed by atoms with van der Waals surface area (Å²) in [5, 5.41) is 0. The normalized spacial score (nSPS) is 13.1. The fraction of sp³-hybridized carbons (Fsp3) is 0.800. The van der Waals surface area contributed by atoms with Gasteiger partial charge in [-0.25, -0.2) is 0 Å². The first-order chi connectivity index (χ1) is 4.72. The van der Waals surface area contributed by atoms with Crippen LogP contribution in [0.2, 0.25) is 0 Å². The van der Waals surface area contributed by atoms with Gasteiger partial charge in [0.25, 0.3) is 0 Å². The molecule has 0 fully saturated rings. The Morgan fingerprint density at radius 3 is 2.40 bits per heavy atom. The molecular weight excluding hydrogens is 120 g/mol. The second kappa shape index (κ2) is 5.52. The zero-order valence-corrected chi connectivity index (χ0v) is 7.61. The lowest BCUT2D eigenvalue weighted by molar-refractivity contribution is 0.561. The predicted octanol–water partition coefficient (Wildman–Crippen LogP) is 3.78. The molecule has 0 aromatic rings. The molecule has 0 aliphatic heterocycles. The van der Waals surface area contributed by atoms with E-state index in [1.807, 2.05) is 0 Å². The summed E-state index contributed by atoms with van der Waals surface area (Å²) in [5.74, 6) is 0.741. The molecule has 0 saturated carbocycles. The Balaban J connectivity index is 3.41. The summed E-state index contributed by atoms with van der Waals surface area (Å²) in [6.45, 7) is 10.7. The number of unbranched alkanes of at least 4 members (excludes halogenated alkanes) is 1. The molecule has 0 radical (unpaired) electrons. The van der Waals surface area contributed by atoms with Crippen molar-refractivity contribution >= 4 is 0 Å². The van der Waals surface area contributed by atoms with Crippen molar-refractivity contribution in [1.29, 1.82) is 0 Å². The van der Waals surface area contributed by atoms with Crippen LogP contribution >= 0.6 is 0 Å². The van der Waals surface area contributed by atoms with Crippen LogP contribution in [0.25, 0.3) is 0 Å². The average Bonchev–Trinajstić information content (AvgIpc) is 1.98. The molecular formula is C10H20. The molecule has 0 N–H and O–H groups in total. The smallest absolute Gasteiger partial charge is 0.0234 e. The summed E-state index contributed by atoms with van der Waals surface area (Å²) in [5.41, 5.74) is 1.41. The number of rotatable bonds is 5. The maximum absolute atomic E-state index is 4.03.